The van der Waals surface area contributed by atoms with E-state index in [9.17, 15) is 13.6 Å². The van der Waals surface area contributed by atoms with Crippen LogP contribution in [0.25, 0.3) is 0 Å². The van der Waals surface area contributed by atoms with Gasteiger partial charge in [-0.1, -0.05) is 26.7 Å². The Balaban J connectivity index is 2.44. The normalized spacial score (nSPS) is 23.6. The number of alkyl halides is 2. The van der Waals surface area contributed by atoms with E-state index in [0.29, 0.717) is 6.54 Å². The quantitative estimate of drug-likeness (QED) is 0.656. The molecule has 0 aromatic carbocycles. The van der Waals surface area contributed by atoms with Crippen molar-refractivity contribution in [3.63, 3.8) is 0 Å². The van der Waals surface area contributed by atoms with Crippen LogP contribution in [-0.2, 0) is 9.53 Å². The van der Waals surface area contributed by atoms with Crippen molar-refractivity contribution in [2.75, 3.05) is 19.8 Å². The van der Waals surface area contributed by atoms with Gasteiger partial charge in [-0.05, 0) is 12.8 Å². The molecule has 0 radical (unpaired) electrons. The first kappa shape index (κ1) is 16.3. The van der Waals surface area contributed by atoms with Crippen LogP contribution in [0, 0.1) is 0 Å². The highest BCUT2D eigenvalue weighted by Gasteiger charge is 2.37. The van der Waals surface area contributed by atoms with Crippen molar-refractivity contribution in [3.05, 3.63) is 0 Å². The number of hydrogen-bond donors (Lipinski definition) is 1. The van der Waals surface area contributed by atoms with Gasteiger partial charge in [0, 0.05) is 6.54 Å². The fraction of sp³-hybridized carbons (Fsp3) is 0.923. The van der Waals surface area contributed by atoms with Gasteiger partial charge < -0.3 is 9.64 Å². The average molecular weight is 278 g/mol. The van der Waals surface area contributed by atoms with E-state index in [4.69, 9.17) is 4.74 Å². The second kappa shape index (κ2) is 8.43. The summed E-state index contributed by atoms with van der Waals surface area (Å²) in [5.41, 5.74) is 0. The van der Waals surface area contributed by atoms with E-state index in [0.717, 1.165) is 25.7 Å². The molecule has 2 unspecified atom stereocenters. The molecule has 1 saturated heterocycles. The minimum Gasteiger partial charge on any atom is -0.374 e. The highest BCUT2D eigenvalue weighted by atomic mass is 19.3. The molecule has 0 spiro atoms. The van der Waals surface area contributed by atoms with Gasteiger partial charge in [-0.15, -0.1) is 0 Å². The molecular formula is C13H24F2N2O2. The Labute approximate surface area is 113 Å². The van der Waals surface area contributed by atoms with Gasteiger partial charge in [-0.2, -0.15) is 0 Å². The average Bonchev–Trinajstić information content (AvgIpc) is 2.63. The Morgan fingerprint density at radius 2 is 2.00 bits per heavy atom. The van der Waals surface area contributed by atoms with Crippen LogP contribution in [-0.4, -0.2) is 49.2 Å². The first-order valence-corrected chi connectivity index (χ1v) is 7.02. The first-order chi connectivity index (χ1) is 9.10. The lowest BCUT2D eigenvalue weighted by molar-refractivity contribution is -0.131. The van der Waals surface area contributed by atoms with Crippen molar-refractivity contribution in [2.45, 2.75) is 58.2 Å². The maximum Gasteiger partial charge on any atom is 0.261 e. The maximum absolute atomic E-state index is 12.2. The molecule has 1 heterocycles. The molecule has 0 aromatic rings. The van der Waals surface area contributed by atoms with E-state index in [1.165, 1.54) is 0 Å². The SMILES string of the molecule is CCCC1NC(CCC)N(CCOCC(F)F)C1=O. The van der Waals surface area contributed by atoms with Gasteiger partial charge in [0.15, 0.2) is 0 Å². The van der Waals surface area contributed by atoms with E-state index in [1.54, 1.807) is 4.90 Å². The van der Waals surface area contributed by atoms with E-state index >= 15 is 0 Å². The first-order valence-electron chi connectivity index (χ1n) is 7.02. The van der Waals surface area contributed by atoms with E-state index in [-0.39, 0.29) is 24.7 Å². The molecule has 0 aliphatic carbocycles. The molecule has 112 valence electrons. The maximum atomic E-state index is 12.2. The van der Waals surface area contributed by atoms with Gasteiger partial charge in [0.05, 0.1) is 18.8 Å². The lowest BCUT2D eigenvalue weighted by atomic mass is 10.2. The lowest BCUT2D eigenvalue weighted by Crippen LogP contribution is -2.39. The second-order valence-corrected chi connectivity index (χ2v) is 4.81. The van der Waals surface area contributed by atoms with E-state index in [1.807, 2.05) is 6.92 Å². The summed E-state index contributed by atoms with van der Waals surface area (Å²) >= 11 is 0. The Morgan fingerprint density at radius 1 is 1.32 bits per heavy atom. The predicted octanol–water partition coefficient (Wildman–Crippen LogP) is 1.99. The van der Waals surface area contributed by atoms with Gasteiger partial charge in [0.25, 0.3) is 6.43 Å². The molecule has 19 heavy (non-hydrogen) atoms. The third-order valence-electron chi connectivity index (χ3n) is 3.21. The predicted molar refractivity (Wildman–Crippen MR) is 69.1 cm³/mol. The van der Waals surface area contributed by atoms with Gasteiger partial charge >= 0.3 is 0 Å². The molecule has 1 fully saturated rings. The number of hydrogen-bond acceptors (Lipinski definition) is 3. The summed E-state index contributed by atoms with van der Waals surface area (Å²) in [6, 6.07) is -0.128. The molecule has 0 aromatic heterocycles. The van der Waals surface area contributed by atoms with Crippen LogP contribution in [0.15, 0.2) is 0 Å². The molecule has 0 saturated carbocycles. The summed E-state index contributed by atoms with van der Waals surface area (Å²) in [4.78, 5) is 13.9. The monoisotopic (exact) mass is 278 g/mol. The van der Waals surface area contributed by atoms with Gasteiger partial charge in [0.1, 0.15) is 6.61 Å². The number of ether oxygens (including phenoxy) is 1. The molecule has 1 aliphatic rings. The third kappa shape index (κ3) is 5.03. The van der Waals surface area contributed by atoms with Crippen molar-refractivity contribution in [3.8, 4) is 0 Å². The molecule has 1 aliphatic heterocycles. The summed E-state index contributed by atoms with van der Waals surface area (Å²) in [5.74, 6) is 0.0703. The molecule has 4 nitrogen and oxygen atoms in total. The Kier molecular flexibility index (Phi) is 7.23. The smallest absolute Gasteiger partial charge is 0.261 e. The van der Waals surface area contributed by atoms with Gasteiger partial charge in [-0.25, -0.2) is 8.78 Å². The number of nitrogens with one attached hydrogen (secondary N) is 1. The fourth-order valence-electron chi connectivity index (χ4n) is 2.36. The zero-order valence-corrected chi connectivity index (χ0v) is 11.7. The third-order valence-corrected chi connectivity index (χ3v) is 3.21. The van der Waals surface area contributed by atoms with Crippen molar-refractivity contribution in [2.24, 2.45) is 0 Å². The van der Waals surface area contributed by atoms with Crippen molar-refractivity contribution < 1.29 is 18.3 Å². The van der Waals surface area contributed by atoms with Gasteiger partial charge in [0.2, 0.25) is 5.91 Å². The van der Waals surface area contributed by atoms with Crippen LogP contribution in [0.5, 0.6) is 0 Å². The van der Waals surface area contributed by atoms with Crippen LogP contribution >= 0.6 is 0 Å². The van der Waals surface area contributed by atoms with Gasteiger partial charge in [-0.3, -0.25) is 10.1 Å². The summed E-state index contributed by atoms with van der Waals surface area (Å²) in [6.45, 7) is 4.08. The van der Waals surface area contributed by atoms with Crippen LogP contribution in [0.2, 0.25) is 0 Å². The lowest BCUT2D eigenvalue weighted by Gasteiger charge is -2.23. The minimum absolute atomic E-state index is 0.0178. The fourth-order valence-corrected chi connectivity index (χ4v) is 2.36. The summed E-state index contributed by atoms with van der Waals surface area (Å²) < 4.78 is 28.8. The number of amides is 1. The number of rotatable bonds is 9. The summed E-state index contributed by atoms with van der Waals surface area (Å²) in [5, 5.41) is 3.32. The Morgan fingerprint density at radius 3 is 2.58 bits per heavy atom. The molecule has 6 heteroatoms. The van der Waals surface area contributed by atoms with E-state index in [2.05, 4.69) is 12.2 Å². The highest BCUT2D eigenvalue weighted by molar-refractivity contribution is 5.84. The standard InChI is InChI=1S/C13H24F2N2O2/c1-3-5-10-13(18)17(12(16-10)6-4-2)7-8-19-9-11(14)15/h10-12,16H,3-9H2,1-2H3. The van der Waals surface area contributed by atoms with Crippen molar-refractivity contribution >= 4 is 5.91 Å². The molecule has 1 amide bonds. The number of halogens is 2. The van der Waals surface area contributed by atoms with Crippen LogP contribution < -0.4 is 5.32 Å². The summed E-state index contributed by atoms with van der Waals surface area (Å²) in [7, 11) is 0. The number of carbonyl (C=O) groups excluding carboxylic acids is 1. The largest absolute Gasteiger partial charge is 0.374 e. The Hall–Kier alpha value is -0.750. The Bertz CT molecular complexity index is 277. The molecule has 1 N–H and O–H groups in total. The summed E-state index contributed by atoms with van der Waals surface area (Å²) in [6.07, 6.45) is 1.17. The van der Waals surface area contributed by atoms with E-state index < -0.39 is 13.0 Å². The second-order valence-electron chi connectivity index (χ2n) is 4.81. The molecule has 0 bridgehead atoms. The highest BCUT2D eigenvalue weighted by Crippen LogP contribution is 2.17. The topological polar surface area (TPSA) is 41.6 Å². The number of carbonyl (C=O) groups is 1. The zero-order chi connectivity index (χ0) is 14.3. The zero-order valence-electron chi connectivity index (χ0n) is 11.7. The van der Waals surface area contributed by atoms with Crippen LogP contribution in [0.1, 0.15) is 39.5 Å². The number of nitrogens with zero attached hydrogens (tertiary/aromatic N) is 1. The molecular weight excluding hydrogens is 254 g/mol. The van der Waals surface area contributed by atoms with Crippen LogP contribution in [0.3, 0.4) is 0 Å². The van der Waals surface area contributed by atoms with Crippen molar-refractivity contribution in [1.29, 1.82) is 0 Å². The van der Waals surface area contributed by atoms with Crippen LogP contribution in [0.4, 0.5) is 8.78 Å². The minimum atomic E-state index is -2.45. The van der Waals surface area contributed by atoms with Crippen molar-refractivity contribution in [1.82, 2.24) is 10.2 Å². The molecule has 2 atom stereocenters. The molecule has 1 rings (SSSR count).